The van der Waals surface area contributed by atoms with Gasteiger partial charge in [-0.3, -0.25) is 0 Å². The molecule has 0 saturated carbocycles. The first-order chi connectivity index (χ1) is 9.86. The number of methoxy groups -OCH3 is 1. The monoisotopic (exact) mass is 337 g/mol. The predicted octanol–water partition coefficient (Wildman–Crippen LogP) is 1.04. The Hall–Kier alpha value is -1.22. The highest BCUT2D eigenvalue weighted by molar-refractivity contribution is 7.89. The fraction of sp³-hybridized carbons (Fsp3) is 0.417. The molecule has 0 aromatic heterocycles. The van der Waals surface area contributed by atoms with Crippen molar-refractivity contribution in [3.8, 4) is 0 Å². The van der Waals surface area contributed by atoms with Gasteiger partial charge in [0.2, 0.25) is 10.0 Å². The minimum Gasteiger partial charge on any atom is -0.467 e. The molecule has 0 aliphatic carbocycles. The van der Waals surface area contributed by atoms with Gasteiger partial charge in [0.05, 0.1) is 30.2 Å². The first-order valence-electron chi connectivity index (χ1n) is 6.01. The summed E-state index contributed by atoms with van der Waals surface area (Å²) in [5.41, 5.74) is 0. The number of morpholine rings is 1. The second kappa shape index (κ2) is 6.27. The van der Waals surface area contributed by atoms with Gasteiger partial charge in [0.25, 0.3) is 0 Å². The Labute approximate surface area is 126 Å². The molecular formula is C12H13ClFNO5S. The summed E-state index contributed by atoms with van der Waals surface area (Å²) in [7, 11) is -2.69. The lowest BCUT2D eigenvalue weighted by Gasteiger charge is -2.30. The number of sulfonamides is 1. The van der Waals surface area contributed by atoms with E-state index in [0.717, 1.165) is 22.5 Å². The Kier molecular flexibility index (Phi) is 4.82. The van der Waals surface area contributed by atoms with Crippen molar-refractivity contribution in [1.29, 1.82) is 0 Å². The van der Waals surface area contributed by atoms with Crippen LogP contribution in [0.4, 0.5) is 4.39 Å². The van der Waals surface area contributed by atoms with Crippen molar-refractivity contribution in [1.82, 2.24) is 4.31 Å². The molecule has 6 nitrogen and oxygen atoms in total. The van der Waals surface area contributed by atoms with Gasteiger partial charge in [0, 0.05) is 6.54 Å². The van der Waals surface area contributed by atoms with Crippen LogP contribution in [0.2, 0.25) is 5.02 Å². The summed E-state index contributed by atoms with van der Waals surface area (Å²) in [5, 5.41) is -0.283. The van der Waals surface area contributed by atoms with E-state index in [1.165, 1.54) is 7.11 Å². The Balaban J connectivity index is 2.26. The molecule has 9 heteroatoms. The molecule has 1 heterocycles. The lowest BCUT2D eigenvalue weighted by Crippen LogP contribution is -2.48. The van der Waals surface area contributed by atoms with E-state index in [9.17, 15) is 17.6 Å². The first kappa shape index (κ1) is 16.2. The fourth-order valence-corrected chi connectivity index (χ4v) is 3.60. The zero-order valence-corrected chi connectivity index (χ0v) is 12.7. The third-order valence-electron chi connectivity index (χ3n) is 3.02. The van der Waals surface area contributed by atoms with Crippen LogP contribution < -0.4 is 0 Å². The summed E-state index contributed by atoms with van der Waals surface area (Å²) in [5.74, 6) is -1.35. The van der Waals surface area contributed by atoms with Gasteiger partial charge in [0.15, 0.2) is 6.10 Å². The average molecular weight is 338 g/mol. The normalized spacial score (nSPS) is 20.2. The smallest absolute Gasteiger partial charge is 0.336 e. The van der Waals surface area contributed by atoms with Crippen LogP contribution in [0.1, 0.15) is 0 Å². The average Bonchev–Trinajstić information content (AvgIpc) is 2.49. The van der Waals surface area contributed by atoms with Crippen LogP contribution in [0.15, 0.2) is 23.1 Å². The molecule has 0 bridgehead atoms. The van der Waals surface area contributed by atoms with Crippen LogP contribution in [0.3, 0.4) is 0 Å². The number of ether oxygens (including phenoxy) is 2. The standard InChI is InChI=1S/C12H13ClFNO5S/c1-19-12(16)11-7-15(4-5-20-11)21(17,18)8-2-3-10(14)9(13)6-8/h2-3,6,11H,4-5,7H2,1H3. The first-order valence-corrected chi connectivity index (χ1v) is 7.82. The topological polar surface area (TPSA) is 72.9 Å². The third kappa shape index (κ3) is 3.34. The van der Waals surface area contributed by atoms with Crippen molar-refractivity contribution >= 4 is 27.6 Å². The summed E-state index contributed by atoms with van der Waals surface area (Å²) in [4.78, 5) is 11.3. The van der Waals surface area contributed by atoms with Gasteiger partial charge in [0.1, 0.15) is 5.82 Å². The highest BCUT2D eigenvalue weighted by Gasteiger charge is 2.34. The summed E-state index contributed by atoms with van der Waals surface area (Å²) >= 11 is 5.60. The minimum absolute atomic E-state index is 0.0634. The molecule has 1 unspecified atom stereocenters. The maximum Gasteiger partial charge on any atom is 0.336 e. The lowest BCUT2D eigenvalue weighted by atomic mass is 10.3. The van der Waals surface area contributed by atoms with Crippen molar-refractivity contribution < 1.29 is 27.1 Å². The quantitative estimate of drug-likeness (QED) is 0.771. The molecule has 0 spiro atoms. The Morgan fingerprint density at radius 3 is 2.86 bits per heavy atom. The molecule has 0 N–H and O–H groups in total. The summed E-state index contributed by atoms with van der Waals surface area (Å²) in [6, 6.07) is 3.14. The number of nitrogens with zero attached hydrogens (tertiary/aromatic N) is 1. The minimum atomic E-state index is -3.88. The van der Waals surface area contributed by atoms with Crippen molar-refractivity contribution in [3.63, 3.8) is 0 Å². The van der Waals surface area contributed by atoms with Gasteiger partial charge in [-0.15, -0.1) is 0 Å². The molecular weight excluding hydrogens is 325 g/mol. The summed E-state index contributed by atoms with van der Waals surface area (Å²) in [6.45, 7) is -0.0112. The molecule has 1 saturated heterocycles. The summed E-state index contributed by atoms with van der Waals surface area (Å²) < 4.78 is 48.8. The molecule has 21 heavy (non-hydrogen) atoms. The fourth-order valence-electron chi connectivity index (χ4n) is 1.90. The molecule has 1 aromatic rings. The largest absolute Gasteiger partial charge is 0.467 e. The number of halogens is 2. The molecule has 116 valence electrons. The SMILES string of the molecule is COC(=O)C1CN(S(=O)(=O)c2ccc(F)c(Cl)c2)CCO1. The number of carbonyl (C=O) groups excluding carboxylic acids is 1. The number of esters is 1. The van der Waals surface area contributed by atoms with Gasteiger partial charge in [-0.05, 0) is 18.2 Å². The van der Waals surface area contributed by atoms with Crippen LogP contribution in [0.5, 0.6) is 0 Å². The highest BCUT2D eigenvalue weighted by Crippen LogP contribution is 2.23. The van der Waals surface area contributed by atoms with Crippen LogP contribution in [0.25, 0.3) is 0 Å². The highest BCUT2D eigenvalue weighted by atomic mass is 35.5. The number of hydrogen-bond donors (Lipinski definition) is 0. The van der Waals surface area contributed by atoms with E-state index in [4.69, 9.17) is 16.3 Å². The van der Waals surface area contributed by atoms with Crippen molar-refractivity contribution in [2.75, 3.05) is 26.8 Å². The van der Waals surface area contributed by atoms with Gasteiger partial charge in [-0.1, -0.05) is 11.6 Å². The van der Waals surface area contributed by atoms with E-state index in [1.54, 1.807) is 0 Å². The molecule has 1 aromatic carbocycles. The Morgan fingerprint density at radius 2 is 2.24 bits per heavy atom. The molecule has 1 atom stereocenters. The number of carbonyl (C=O) groups is 1. The number of hydrogen-bond acceptors (Lipinski definition) is 5. The number of benzene rings is 1. The summed E-state index contributed by atoms with van der Waals surface area (Å²) in [6.07, 6.45) is -0.977. The van der Waals surface area contributed by atoms with E-state index in [1.807, 2.05) is 0 Å². The molecule has 2 rings (SSSR count). The van der Waals surface area contributed by atoms with Gasteiger partial charge in [-0.25, -0.2) is 17.6 Å². The zero-order chi connectivity index (χ0) is 15.6. The van der Waals surface area contributed by atoms with Gasteiger partial charge in [-0.2, -0.15) is 4.31 Å². The van der Waals surface area contributed by atoms with Crippen LogP contribution >= 0.6 is 11.6 Å². The molecule has 0 amide bonds. The third-order valence-corrected chi connectivity index (χ3v) is 5.17. The van der Waals surface area contributed by atoms with E-state index in [0.29, 0.717) is 0 Å². The van der Waals surface area contributed by atoms with Crippen molar-refractivity contribution in [2.45, 2.75) is 11.0 Å². The molecule has 1 aliphatic heterocycles. The van der Waals surface area contributed by atoms with E-state index >= 15 is 0 Å². The van der Waals surface area contributed by atoms with Crippen LogP contribution in [-0.2, 0) is 24.3 Å². The van der Waals surface area contributed by atoms with Gasteiger partial charge >= 0.3 is 5.97 Å². The second-order valence-electron chi connectivity index (χ2n) is 4.32. The Morgan fingerprint density at radius 1 is 1.52 bits per heavy atom. The molecule has 1 fully saturated rings. The van der Waals surface area contributed by atoms with Crippen molar-refractivity contribution in [2.24, 2.45) is 0 Å². The zero-order valence-electron chi connectivity index (χ0n) is 11.1. The maximum absolute atomic E-state index is 13.1. The molecule has 0 radical (unpaired) electrons. The van der Waals surface area contributed by atoms with Gasteiger partial charge < -0.3 is 9.47 Å². The predicted molar refractivity (Wildman–Crippen MR) is 71.9 cm³/mol. The van der Waals surface area contributed by atoms with E-state index in [-0.39, 0.29) is 29.6 Å². The molecule has 1 aliphatic rings. The van der Waals surface area contributed by atoms with E-state index < -0.39 is 27.9 Å². The van der Waals surface area contributed by atoms with E-state index in [2.05, 4.69) is 4.74 Å². The number of rotatable bonds is 3. The van der Waals surface area contributed by atoms with Crippen LogP contribution in [0, 0.1) is 5.82 Å². The lowest BCUT2D eigenvalue weighted by molar-refractivity contribution is -0.157. The second-order valence-corrected chi connectivity index (χ2v) is 6.67. The van der Waals surface area contributed by atoms with Crippen LogP contribution in [-0.4, -0.2) is 51.6 Å². The Bertz CT molecular complexity index is 651. The maximum atomic E-state index is 13.1. The van der Waals surface area contributed by atoms with Crippen molar-refractivity contribution in [3.05, 3.63) is 29.0 Å².